The molecule has 0 aliphatic carbocycles. The van der Waals surface area contributed by atoms with Gasteiger partial charge in [0.15, 0.2) is 21.3 Å². The number of hydrogen-bond donors (Lipinski definition) is 1. The first-order chi connectivity index (χ1) is 14.8. The lowest BCUT2D eigenvalue weighted by Crippen LogP contribution is -2.26. The Bertz CT molecular complexity index is 1140. The zero-order valence-corrected chi connectivity index (χ0v) is 18.5. The van der Waals surface area contributed by atoms with Gasteiger partial charge in [-0.15, -0.1) is 0 Å². The Labute approximate surface area is 182 Å². The second-order valence-corrected chi connectivity index (χ2v) is 9.19. The molecule has 0 bridgehead atoms. The second kappa shape index (κ2) is 9.66. The summed E-state index contributed by atoms with van der Waals surface area (Å²) in [5.41, 5.74) is 2.26. The number of rotatable bonds is 8. The lowest BCUT2D eigenvalue weighted by Gasteiger charge is -2.16. The number of methoxy groups -OCH3 is 1. The molecule has 6 nitrogen and oxygen atoms in total. The highest BCUT2D eigenvalue weighted by molar-refractivity contribution is 7.90. The lowest BCUT2D eigenvalue weighted by molar-refractivity contribution is 0.0939. The molecule has 3 aromatic rings. The smallest absolute Gasteiger partial charge is 0.251 e. The molecule has 1 N–H and O–H groups in total. The number of carbonyl (C=O) groups excluding carboxylic acids is 1. The van der Waals surface area contributed by atoms with Crippen LogP contribution in [0.3, 0.4) is 0 Å². The van der Waals surface area contributed by atoms with Gasteiger partial charge in [-0.25, -0.2) is 8.42 Å². The molecule has 0 aromatic heterocycles. The van der Waals surface area contributed by atoms with Crippen molar-refractivity contribution in [1.82, 2.24) is 5.32 Å². The van der Waals surface area contributed by atoms with Crippen molar-refractivity contribution in [1.29, 1.82) is 0 Å². The first-order valence-electron chi connectivity index (χ1n) is 9.73. The summed E-state index contributed by atoms with van der Waals surface area (Å²) in [5.74, 6) is 0.744. The summed E-state index contributed by atoms with van der Waals surface area (Å²) in [6.45, 7) is 2.23. The van der Waals surface area contributed by atoms with Crippen LogP contribution < -0.4 is 14.8 Å². The molecule has 3 rings (SSSR count). The van der Waals surface area contributed by atoms with Gasteiger partial charge in [0.1, 0.15) is 6.61 Å². The summed E-state index contributed by atoms with van der Waals surface area (Å²) in [6, 6.07) is 21.0. The van der Waals surface area contributed by atoms with Crippen molar-refractivity contribution in [2.75, 3.05) is 13.4 Å². The van der Waals surface area contributed by atoms with Crippen molar-refractivity contribution < 1.29 is 22.7 Å². The van der Waals surface area contributed by atoms with E-state index in [9.17, 15) is 13.2 Å². The Morgan fingerprint density at radius 2 is 1.65 bits per heavy atom. The second-order valence-electron chi connectivity index (χ2n) is 7.18. The SMILES string of the molecule is COc1cc(C(=O)NC(C)c2ccc(S(C)(=O)=O)cc2)ccc1OCc1ccccc1. The average molecular weight is 440 g/mol. The third-order valence-corrected chi connectivity index (χ3v) is 5.95. The van der Waals surface area contributed by atoms with E-state index in [1.165, 1.54) is 19.2 Å². The van der Waals surface area contributed by atoms with Crippen molar-refractivity contribution in [2.24, 2.45) is 0 Å². The maximum atomic E-state index is 12.7. The van der Waals surface area contributed by atoms with E-state index < -0.39 is 9.84 Å². The molecule has 0 aliphatic heterocycles. The molecule has 7 heteroatoms. The Balaban J connectivity index is 1.68. The van der Waals surface area contributed by atoms with E-state index in [0.717, 1.165) is 17.4 Å². The van der Waals surface area contributed by atoms with Gasteiger partial charge in [0.2, 0.25) is 0 Å². The molecule has 0 saturated carbocycles. The maximum Gasteiger partial charge on any atom is 0.251 e. The van der Waals surface area contributed by atoms with Crippen LogP contribution in [0, 0.1) is 0 Å². The Hall–Kier alpha value is -3.32. The normalized spacial score (nSPS) is 12.1. The Kier molecular flexibility index (Phi) is 6.97. The molecule has 3 aromatic carbocycles. The van der Waals surface area contributed by atoms with Crippen LogP contribution in [0.1, 0.15) is 34.5 Å². The highest BCUT2D eigenvalue weighted by atomic mass is 32.2. The van der Waals surface area contributed by atoms with E-state index in [2.05, 4.69) is 5.32 Å². The summed E-state index contributed by atoms with van der Waals surface area (Å²) in [5, 5.41) is 2.91. The number of benzene rings is 3. The quantitative estimate of drug-likeness (QED) is 0.570. The summed E-state index contributed by atoms with van der Waals surface area (Å²) in [6.07, 6.45) is 1.16. The molecule has 0 fully saturated rings. The summed E-state index contributed by atoms with van der Waals surface area (Å²) in [4.78, 5) is 13.0. The topological polar surface area (TPSA) is 81.7 Å². The first-order valence-corrected chi connectivity index (χ1v) is 11.6. The van der Waals surface area contributed by atoms with Crippen LogP contribution in [0.5, 0.6) is 11.5 Å². The van der Waals surface area contributed by atoms with E-state index >= 15 is 0 Å². The van der Waals surface area contributed by atoms with E-state index in [4.69, 9.17) is 9.47 Å². The third kappa shape index (κ3) is 5.86. The van der Waals surface area contributed by atoms with Crippen LogP contribution in [0.4, 0.5) is 0 Å². The number of amides is 1. The highest BCUT2D eigenvalue weighted by Gasteiger charge is 2.15. The zero-order chi connectivity index (χ0) is 22.4. The number of ether oxygens (including phenoxy) is 2. The van der Waals surface area contributed by atoms with Crippen LogP contribution >= 0.6 is 0 Å². The number of nitrogens with one attached hydrogen (secondary N) is 1. The third-order valence-electron chi connectivity index (χ3n) is 4.82. The molecule has 1 unspecified atom stereocenters. The zero-order valence-electron chi connectivity index (χ0n) is 17.7. The average Bonchev–Trinajstić information content (AvgIpc) is 2.77. The van der Waals surface area contributed by atoms with E-state index in [0.29, 0.717) is 23.7 Å². The highest BCUT2D eigenvalue weighted by Crippen LogP contribution is 2.29. The molecule has 1 amide bonds. The Morgan fingerprint density at radius 1 is 0.968 bits per heavy atom. The minimum absolute atomic E-state index is 0.241. The number of hydrogen-bond acceptors (Lipinski definition) is 5. The van der Waals surface area contributed by atoms with Gasteiger partial charge < -0.3 is 14.8 Å². The molecule has 0 aliphatic rings. The monoisotopic (exact) mass is 439 g/mol. The van der Waals surface area contributed by atoms with Gasteiger partial charge in [-0.2, -0.15) is 0 Å². The van der Waals surface area contributed by atoms with Gasteiger partial charge >= 0.3 is 0 Å². The predicted octanol–water partition coefficient (Wildman–Crippen LogP) is 4.17. The maximum absolute atomic E-state index is 12.7. The predicted molar refractivity (Wildman–Crippen MR) is 119 cm³/mol. The molecular formula is C24H25NO5S. The molecule has 0 spiro atoms. The summed E-state index contributed by atoms with van der Waals surface area (Å²) in [7, 11) is -1.73. The number of carbonyl (C=O) groups is 1. The summed E-state index contributed by atoms with van der Waals surface area (Å²) >= 11 is 0. The van der Waals surface area contributed by atoms with Crippen molar-refractivity contribution in [3.05, 3.63) is 89.5 Å². The molecule has 162 valence electrons. The largest absolute Gasteiger partial charge is 0.493 e. The van der Waals surface area contributed by atoms with Crippen LogP contribution in [-0.2, 0) is 16.4 Å². The van der Waals surface area contributed by atoms with Gasteiger partial charge in [0.05, 0.1) is 18.0 Å². The fraction of sp³-hybridized carbons (Fsp3) is 0.208. The van der Waals surface area contributed by atoms with Crippen molar-refractivity contribution >= 4 is 15.7 Å². The van der Waals surface area contributed by atoms with E-state index in [1.807, 2.05) is 37.3 Å². The van der Waals surface area contributed by atoms with E-state index in [-0.39, 0.29) is 16.8 Å². The van der Waals surface area contributed by atoms with Crippen molar-refractivity contribution in [2.45, 2.75) is 24.5 Å². The minimum atomic E-state index is -3.26. The molecule has 31 heavy (non-hydrogen) atoms. The summed E-state index contributed by atoms with van der Waals surface area (Å²) < 4.78 is 34.4. The first kappa shape index (κ1) is 22.4. The Morgan fingerprint density at radius 3 is 2.26 bits per heavy atom. The van der Waals surface area contributed by atoms with Gasteiger partial charge in [-0.05, 0) is 48.4 Å². The van der Waals surface area contributed by atoms with E-state index in [1.54, 1.807) is 30.3 Å². The standard InChI is InChI=1S/C24H25NO5S/c1-17(19-9-12-21(13-10-19)31(3,27)28)25-24(26)20-11-14-22(23(15-20)29-2)30-16-18-7-5-4-6-8-18/h4-15,17H,16H2,1-3H3,(H,25,26). The van der Waals surface area contributed by atoms with Crippen molar-refractivity contribution in [3.63, 3.8) is 0 Å². The van der Waals surface area contributed by atoms with Gasteiger partial charge in [-0.3, -0.25) is 4.79 Å². The van der Waals surface area contributed by atoms with Crippen molar-refractivity contribution in [3.8, 4) is 11.5 Å². The lowest BCUT2D eigenvalue weighted by atomic mass is 10.1. The molecule has 0 heterocycles. The molecule has 1 atom stereocenters. The van der Waals surface area contributed by atoms with Gasteiger partial charge in [-0.1, -0.05) is 42.5 Å². The van der Waals surface area contributed by atoms with Crippen LogP contribution in [-0.4, -0.2) is 27.7 Å². The molecular weight excluding hydrogens is 414 g/mol. The van der Waals surface area contributed by atoms with Crippen LogP contribution in [0.15, 0.2) is 77.7 Å². The fourth-order valence-electron chi connectivity index (χ4n) is 3.03. The van der Waals surface area contributed by atoms with Gasteiger partial charge in [0, 0.05) is 11.8 Å². The minimum Gasteiger partial charge on any atom is -0.493 e. The van der Waals surface area contributed by atoms with Gasteiger partial charge in [0.25, 0.3) is 5.91 Å². The molecule has 0 radical (unpaired) electrons. The van der Waals surface area contributed by atoms with Crippen LogP contribution in [0.25, 0.3) is 0 Å². The van der Waals surface area contributed by atoms with Crippen LogP contribution in [0.2, 0.25) is 0 Å². The fourth-order valence-corrected chi connectivity index (χ4v) is 3.66. The number of sulfone groups is 1. The molecule has 0 saturated heterocycles.